The summed E-state index contributed by atoms with van der Waals surface area (Å²) in [5.74, 6) is -0.263. The van der Waals surface area contributed by atoms with Gasteiger partial charge in [-0.05, 0) is 44.6 Å². The van der Waals surface area contributed by atoms with Crippen molar-refractivity contribution in [3.8, 4) is 11.8 Å². The number of nitrogens with two attached hydrogens (primary N) is 1. The first-order chi connectivity index (χ1) is 14.4. The van der Waals surface area contributed by atoms with Crippen molar-refractivity contribution in [2.45, 2.75) is 39.7 Å². The second-order valence-corrected chi connectivity index (χ2v) is 7.75. The molecular formula is C23H27ClN4O2. The molecule has 0 aliphatic carbocycles. The van der Waals surface area contributed by atoms with E-state index in [4.69, 9.17) is 22.1 Å². The molecule has 6 nitrogen and oxygen atoms in total. The Kier molecular flexibility index (Phi) is 6.86. The first-order valence-electron chi connectivity index (χ1n) is 10.2. The van der Waals surface area contributed by atoms with Crippen molar-refractivity contribution in [3.05, 3.63) is 74.0 Å². The Labute approximate surface area is 182 Å². The molecule has 1 unspecified atom stereocenters. The first-order valence-corrected chi connectivity index (χ1v) is 10.6. The van der Waals surface area contributed by atoms with E-state index in [9.17, 15) is 10.1 Å². The third-order valence-corrected chi connectivity index (χ3v) is 6.00. The van der Waals surface area contributed by atoms with Crippen LogP contribution in [0.3, 0.4) is 0 Å². The zero-order valence-corrected chi connectivity index (χ0v) is 18.4. The van der Waals surface area contributed by atoms with E-state index in [1.54, 1.807) is 10.6 Å². The van der Waals surface area contributed by atoms with Crippen LogP contribution in [0, 0.1) is 18.3 Å². The minimum atomic E-state index is -0.658. The summed E-state index contributed by atoms with van der Waals surface area (Å²) in [6, 6.07) is 11.1. The van der Waals surface area contributed by atoms with Gasteiger partial charge in [-0.1, -0.05) is 43.6 Å². The molecule has 2 heterocycles. The summed E-state index contributed by atoms with van der Waals surface area (Å²) in [7, 11) is 0. The predicted octanol–water partition coefficient (Wildman–Crippen LogP) is 3.76. The fraction of sp³-hybridized carbons (Fsp3) is 0.391. The van der Waals surface area contributed by atoms with E-state index >= 15 is 0 Å². The maximum atomic E-state index is 13.6. The topological polar surface area (TPSA) is 84.3 Å². The van der Waals surface area contributed by atoms with Crippen LogP contribution in [-0.4, -0.2) is 29.1 Å². The van der Waals surface area contributed by atoms with Crippen molar-refractivity contribution in [2.75, 3.05) is 19.6 Å². The van der Waals surface area contributed by atoms with Gasteiger partial charge in [-0.3, -0.25) is 4.79 Å². The number of allylic oxidation sites excluding steroid dienone is 1. The lowest BCUT2D eigenvalue weighted by Crippen LogP contribution is -2.33. The number of hydrogen-bond donors (Lipinski definition) is 1. The minimum Gasteiger partial charge on any atom is -0.440 e. The molecule has 7 heteroatoms. The van der Waals surface area contributed by atoms with Crippen LogP contribution in [0.2, 0.25) is 5.02 Å². The van der Waals surface area contributed by atoms with Crippen molar-refractivity contribution in [2.24, 2.45) is 5.73 Å². The molecule has 3 rings (SSSR count). The summed E-state index contributed by atoms with van der Waals surface area (Å²) < 4.78 is 7.45. The molecule has 1 atom stereocenters. The third-order valence-electron chi connectivity index (χ3n) is 5.66. The van der Waals surface area contributed by atoms with E-state index in [2.05, 4.69) is 24.8 Å². The zero-order chi connectivity index (χ0) is 21.8. The van der Waals surface area contributed by atoms with E-state index in [0.717, 1.165) is 31.7 Å². The van der Waals surface area contributed by atoms with Gasteiger partial charge in [0.15, 0.2) is 0 Å². The fourth-order valence-electron chi connectivity index (χ4n) is 3.98. The van der Waals surface area contributed by atoms with Gasteiger partial charge in [-0.2, -0.15) is 5.26 Å². The van der Waals surface area contributed by atoms with Crippen LogP contribution in [0.4, 0.5) is 0 Å². The number of nitriles is 1. The summed E-state index contributed by atoms with van der Waals surface area (Å²) in [4.78, 5) is 15.9. The number of ether oxygens (including phenoxy) is 1. The molecule has 0 radical (unpaired) electrons. The SMILES string of the molecule is CCN(CC)CCCn1c(C)cc2c(c1=O)C(c1ccccc1Cl)C(C#N)=C(N)O2. The molecule has 1 aromatic heterocycles. The largest absolute Gasteiger partial charge is 0.440 e. The maximum absolute atomic E-state index is 13.6. The Morgan fingerprint density at radius 2 is 2.00 bits per heavy atom. The van der Waals surface area contributed by atoms with Crippen LogP contribution in [-0.2, 0) is 6.54 Å². The van der Waals surface area contributed by atoms with Gasteiger partial charge in [-0.25, -0.2) is 0 Å². The van der Waals surface area contributed by atoms with E-state index in [1.807, 2.05) is 31.2 Å². The van der Waals surface area contributed by atoms with Crippen LogP contribution >= 0.6 is 11.6 Å². The average Bonchev–Trinajstić information content (AvgIpc) is 2.73. The van der Waals surface area contributed by atoms with Crippen molar-refractivity contribution in [3.63, 3.8) is 0 Å². The second kappa shape index (κ2) is 9.38. The molecule has 1 aliphatic rings. The fourth-order valence-corrected chi connectivity index (χ4v) is 4.22. The van der Waals surface area contributed by atoms with Crippen molar-refractivity contribution in [1.82, 2.24) is 9.47 Å². The van der Waals surface area contributed by atoms with Gasteiger partial charge < -0.3 is 19.9 Å². The van der Waals surface area contributed by atoms with Crippen LogP contribution in [0.5, 0.6) is 5.75 Å². The smallest absolute Gasteiger partial charge is 0.258 e. The number of aryl methyl sites for hydroxylation is 1. The van der Waals surface area contributed by atoms with E-state index in [-0.39, 0.29) is 17.0 Å². The summed E-state index contributed by atoms with van der Waals surface area (Å²) in [6.07, 6.45) is 0.849. The highest BCUT2D eigenvalue weighted by Gasteiger charge is 2.35. The van der Waals surface area contributed by atoms with Crippen molar-refractivity contribution in [1.29, 1.82) is 5.26 Å². The summed E-state index contributed by atoms with van der Waals surface area (Å²) in [6.45, 7) is 9.60. The van der Waals surface area contributed by atoms with Crippen molar-refractivity contribution >= 4 is 11.6 Å². The Balaban J connectivity index is 2.09. The van der Waals surface area contributed by atoms with Gasteiger partial charge in [0, 0.05) is 23.3 Å². The number of nitrogens with zero attached hydrogens (tertiary/aromatic N) is 3. The Morgan fingerprint density at radius 1 is 1.30 bits per heavy atom. The first kappa shape index (κ1) is 21.9. The molecule has 0 fully saturated rings. The zero-order valence-electron chi connectivity index (χ0n) is 17.6. The van der Waals surface area contributed by atoms with Crippen LogP contribution in [0.15, 0.2) is 46.6 Å². The van der Waals surface area contributed by atoms with E-state index in [0.29, 0.717) is 28.4 Å². The predicted molar refractivity (Wildman–Crippen MR) is 119 cm³/mol. The lowest BCUT2D eigenvalue weighted by molar-refractivity contribution is 0.292. The monoisotopic (exact) mass is 426 g/mol. The maximum Gasteiger partial charge on any atom is 0.258 e. The number of benzene rings is 1. The average molecular weight is 427 g/mol. The highest BCUT2D eigenvalue weighted by molar-refractivity contribution is 6.31. The van der Waals surface area contributed by atoms with Gasteiger partial charge in [0.05, 0.1) is 11.5 Å². The molecule has 2 aromatic rings. The van der Waals surface area contributed by atoms with Crippen LogP contribution in [0.25, 0.3) is 0 Å². The molecule has 1 aliphatic heterocycles. The molecule has 158 valence electrons. The molecular weight excluding hydrogens is 400 g/mol. The van der Waals surface area contributed by atoms with Gasteiger partial charge in [0.1, 0.15) is 17.4 Å². The molecule has 1 aromatic carbocycles. The van der Waals surface area contributed by atoms with E-state index < -0.39 is 5.92 Å². The molecule has 0 saturated carbocycles. The number of fused-ring (bicyclic) bond motifs is 1. The van der Waals surface area contributed by atoms with Crippen LogP contribution in [0.1, 0.15) is 43.0 Å². The summed E-state index contributed by atoms with van der Waals surface area (Å²) >= 11 is 6.44. The quantitative estimate of drug-likeness (QED) is 0.728. The number of rotatable bonds is 7. The standard InChI is InChI=1S/C23H27ClN4O2/c1-4-27(5-2)11-8-12-28-15(3)13-19-21(23(28)29)20(17(14-25)22(26)30-19)16-9-6-7-10-18(16)24/h6-7,9-10,13,20H,4-5,8,11-12,26H2,1-3H3. The Hall–Kier alpha value is -2.75. The number of aromatic nitrogens is 1. The summed E-state index contributed by atoms with van der Waals surface area (Å²) in [5, 5.41) is 10.2. The van der Waals surface area contributed by atoms with Crippen molar-refractivity contribution < 1.29 is 4.74 Å². The molecule has 0 bridgehead atoms. The number of halogens is 1. The molecule has 30 heavy (non-hydrogen) atoms. The highest BCUT2D eigenvalue weighted by atomic mass is 35.5. The molecule has 0 spiro atoms. The lowest BCUT2D eigenvalue weighted by atomic mass is 9.84. The normalized spacial score (nSPS) is 15.7. The van der Waals surface area contributed by atoms with Gasteiger partial charge >= 0.3 is 0 Å². The van der Waals surface area contributed by atoms with Gasteiger partial charge in [0.25, 0.3) is 5.56 Å². The Morgan fingerprint density at radius 3 is 2.63 bits per heavy atom. The van der Waals surface area contributed by atoms with Gasteiger partial charge in [0.2, 0.25) is 5.88 Å². The van der Waals surface area contributed by atoms with Crippen LogP contribution < -0.4 is 16.0 Å². The summed E-state index contributed by atoms with van der Waals surface area (Å²) in [5.41, 5.74) is 7.94. The van der Waals surface area contributed by atoms with Gasteiger partial charge in [-0.15, -0.1) is 0 Å². The van der Waals surface area contributed by atoms with E-state index in [1.165, 1.54) is 0 Å². The third kappa shape index (κ3) is 4.09. The molecule has 0 amide bonds. The number of hydrogen-bond acceptors (Lipinski definition) is 5. The number of pyridine rings is 1. The Bertz CT molecular complexity index is 1060. The highest BCUT2D eigenvalue weighted by Crippen LogP contribution is 2.42. The second-order valence-electron chi connectivity index (χ2n) is 7.35. The molecule has 2 N–H and O–H groups in total. The lowest BCUT2D eigenvalue weighted by Gasteiger charge is -2.28. The molecule has 0 saturated heterocycles. The minimum absolute atomic E-state index is 0.00741.